The highest BCUT2D eigenvalue weighted by Gasteiger charge is 2.15. The Morgan fingerprint density at radius 1 is 1.13 bits per heavy atom. The second kappa shape index (κ2) is 6.95. The fourth-order valence-corrected chi connectivity index (χ4v) is 2.43. The van der Waals surface area contributed by atoms with Gasteiger partial charge < -0.3 is 14.6 Å². The maximum atomic E-state index is 9.65. The van der Waals surface area contributed by atoms with Crippen molar-refractivity contribution in [1.29, 1.82) is 0 Å². The Labute approximate surface area is 137 Å². The van der Waals surface area contributed by atoms with Gasteiger partial charge in [0.05, 0.1) is 18.8 Å². The lowest BCUT2D eigenvalue weighted by Crippen LogP contribution is -2.16. The maximum absolute atomic E-state index is 9.65. The van der Waals surface area contributed by atoms with Crippen molar-refractivity contribution in [3.63, 3.8) is 0 Å². The molecule has 1 atom stereocenters. The Morgan fingerprint density at radius 3 is 2.57 bits per heavy atom. The molecular formula is C16H16ClN3O3. The molecule has 0 aliphatic carbocycles. The van der Waals surface area contributed by atoms with Gasteiger partial charge in [-0.05, 0) is 36.2 Å². The van der Waals surface area contributed by atoms with Gasteiger partial charge in [-0.3, -0.25) is 0 Å². The molecule has 0 amide bonds. The number of hydrogen-bond acceptors (Lipinski definition) is 5. The van der Waals surface area contributed by atoms with Crippen molar-refractivity contribution in [1.82, 2.24) is 15.0 Å². The van der Waals surface area contributed by atoms with E-state index in [1.54, 1.807) is 23.0 Å². The summed E-state index contributed by atoms with van der Waals surface area (Å²) < 4.78 is 7.05. The summed E-state index contributed by atoms with van der Waals surface area (Å²) in [5.74, 6) is 0.998. The highest BCUT2D eigenvalue weighted by Crippen LogP contribution is 2.22. The zero-order valence-corrected chi connectivity index (χ0v) is 13.0. The molecule has 0 spiro atoms. The van der Waals surface area contributed by atoms with Crippen LogP contribution in [0.2, 0.25) is 5.02 Å². The maximum Gasteiger partial charge on any atom is 0.156 e. The van der Waals surface area contributed by atoms with Crippen molar-refractivity contribution in [2.24, 2.45) is 0 Å². The Balaban J connectivity index is 1.77. The van der Waals surface area contributed by atoms with Crippen LogP contribution in [-0.4, -0.2) is 31.8 Å². The van der Waals surface area contributed by atoms with Crippen LogP contribution in [0.5, 0.6) is 0 Å². The van der Waals surface area contributed by atoms with Gasteiger partial charge in [0.2, 0.25) is 0 Å². The molecule has 7 heteroatoms. The van der Waals surface area contributed by atoms with Gasteiger partial charge in [0.15, 0.2) is 5.76 Å². The molecule has 0 saturated carbocycles. The minimum absolute atomic E-state index is 0.0640. The van der Waals surface area contributed by atoms with Gasteiger partial charge in [0.1, 0.15) is 18.1 Å². The molecule has 0 radical (unpaired) electrons. The van der Waals surface area contributed by atoms with Crippen LogP contribution >= 0.6 is 11.6 Å². The average molecular weight is 334 g/mol. The van der Waals surface area contributed by atoms with Crippen LogP contribution in [0.25, 0.3) is 11.5 Å². The van der Waals surface area contributed by atoms with Crippen LogP contribution < -0.4 is 0 Å². The Hall–Kier alpha value is -2.15. The van der Waals surface area contributed by atoms with E-state index < -0.39 is 0 Å². The van der Waals surface area contributed by atoms with E-state index in [1.165, 1.54) is 0 Å². The van der Waals surface area contributed by atoms with E-state index in [0.717, 1.165) is 5.56 Å². The van der Waals surface area contributed by atoms with Crippen molar-refractivity contribution in [3.05, 3.63) is 58.9 Å². The number of nitrogens with zero attached hydrogens (tertiary/aromatic N) is 3. The van der Waals surface area contributed by atoms with Gasteiger partial charge in [-0.25, -0.2) is 4.68 Å². The smallest absolute Gasteiger partial charge is 0.156 e. The van der Waals surface area contributed by atoms with Crippen LogP contribution in [0.15, 0.2) is 47.0 Å². The van der Waals surface area contributed by atoms with Crippen molar-refractivity contribution < 1.29 is 14.6 Å². The summed E-state index contributed by atoms with van der Waals surface area (Å²) in [6.45, 7) is -0.227. The number of rotatable bonds is 6. The van der Waals surface area contributed by atoms with Crippen molar-refractivity contribution in [2.75, 3.05) is 6.61 Å². The fourth-order valence-electron chi connectivity index (χ4n) is 2.30. The van der Waals surface area contributed by atoms with E-state index in [9.17, 15) is 5.11 Å². The number of furan rings is 1. The molecule has 0 aliphatic heterocycles. The van der Waals surface area contributed by atoms with Crippen LogP contribution in [-0.2, 0) is 13.0 Å². The lowest BCUT2D eigenvalue weighted by atomic mass is 10.1. The predicted octanol–water partition coefficient (Wildman–Crippen LogP) is 2.46. The van der Waals surface area contributed by atoms with E-state index in [-0.39, 0.29) is 19.3 Å². The number of aliphatic hydroxyl groups excluding tert-OH is 2. The van der Waals surface area contributed by atoms with Gasteiger partial charge in [-0.1, -0.05) is 28.9 Å². The molecule has 1 aromatic carbocycles. The predicted molar refractivity (Wildman–Crippen MR) is 84.9 cm³/mol. The number of aromatic nitrogens is 3. The zero-order valence-electron chi connectivity index (χ0n) is 12.3. The first kappa shape index (κ1) is 15.7. The number of benzene rings is 1. The van der Waals surface area contributed by atoms with Crippen LogP contribution in [0.3, 0.4) is 0 Å². The Kier molecular flexibility index (Phi) is 4.76. The highest BCUT2D eigenvalue weighted by atomic mass is 35.5. The van der Waals surface area contributed by atoms with E-state index >= 15 is 0 Å². The monoisotopic (exact) mass is 333 g/mol. The first-order valence-corrected chi connectivity index (χ1v) is 7.54. The van der Waals surface area contributed by atoms with Crippen molar-refractivity contribution in [2.45, 2.75) is 19.1 Å². The topological polar surface area (TPSA) is 84.3 Å². The Bertz CT molecular complexity index is 767. The molecule has 3 rings (SSSR count). The van der Waals surface area contributed by atoms with Gasteiger partial charge >= 0.3 is 0 Å². The standard InChI is InChI=1S/C16H16ClN3O3/c17-12-3-1-11(2-4-12)7-13(9-21)20-8-15(18-19-20)16-6-5-14(10-22)23-16/h1-6,8,13,21-22H,7,9-10H2/t13-/m0/s1. The van der Waals surface area contributed by atoms with Gasteiger partial charge in [0.25, 0.3) is 0 Å². The fraction of sp³-hybridized carbons (Fsp3) is 0.250. The second-order valence-electron chi connectivity index (χ2n) is 5.17. The van der Waals surface area contributed by atoms with E-state index in [0.29, 0.717) is 28.7 Å². The normalized spacial score (nSPS) is 12.5. The molecule has 3 aromatic rings. The molecule has 0 bridgehead atoms. The SMILES string of the molecule is OCc1ccc(-c2cn([C@H](CO)Cc3ccc(Cl)cc3)nn2)o1. The minimum atomic E-state index is -0.232. The largest absolute Gasteiger partial charge is 0.457 e. The van der Waals surface area contributed by atoms with Crippen molar-refractivity contribution >= 4 is 11.6 Å². The molecule has 6 nitrogen and oxygen atoms in total. The van der Waals surface area contributed by atoms with Crippen LogP contribution in [0.4, 0.5) is 0 Å². The molecule has 0 unspecified atom stereocenters. The van der Waals surface area contributed by atoms with E-state index in [1.807, 2.05) is 24.3 Å². The zero-order chi connectivity index (χ0) is 16.2. The Morgan fingerprint density at radius 2 is 1.91 bits per heavy atom. The summed E-state index contributed by atoms with van der Waals surface area (Å²) in [5.41, 5.74) is 1.60. The number of halogens is 1. The number of aliphatic hydroxyl groups is 2. The molecule has 120 valence electrons. The van der Waals surface area contributed by atoms with E-state index in [4.69, 9.17) is 21.1 Å². The molecular weight excluding hydrogens is 318 g/mol. The number of hydrogen-bond donors (Lipinski definition) is 2. The average Bonchev–Trinajstić information content (AvgIpc) is 3.23. The summed E-state index contributed by atoms with van der Waals surface area (Å²) in [7, 11) is 0. The molecule has 2 aromatic heterocycles. The minimum Gasteiger partial charge on any atom is -0.457 e. The first-order valence-electron chi connectivity index (χ1n) is 7.16. The van der Waals surface area contributed by atoms with Gasteiger partial charge in [-0.2, -0.15) is 0 Å². The summed E-state index contributed by atoms with van der Waals surface area (Å²) in [4.78, 5) is 0. The third-order valence-electron chi connectivity index (χ3n) is 3.55. The molecule has 0 aliphatic rings. The highest BCUT2D eigenvalue weighted by molar-refractivity contribution is 6.30. The molecule has 23 heavy (non-hydrogen) atoms. The first-order chi connectivity index (χ1) is 11.2. The van der Waals surface area contributed by atoms with Gasteiger partial charge in [0, 0.05) is 5.02 Å². The quantitative estimate of drug-likeness (QED) is 0.724. The molecule has 2 N–H and O–H groups in total. The molecule has 0 saturated heterocycles. The summed E-state index contributed by atoms with van der Waals surface area (Å²) >= 11 is 5.88. The van der Waals surface area contributed by atoms with Gasteiger partial charge in [-0.15, -0.1) is 5.10 Å². The summed E-state index contributed by atoms with van der Waals surface area (Å²) in [5, 5.41) is 27.5. The lowest BCUT2D eigenvalue weighted by molar-refractivity contribution is 0.216. The molecule has 2 heterocycles. The second-order valence-corrected chi connectivity index (χ2v) is 5.61. The summed E-state index contributed by atoms with van der Waals surface area (Å²) in [6.07, 6.45) is 2.33. The van der Waals surface area contributed by atoms with Crippen molar-refractivity contribution in [3.8, 4) is 11.5 Å². The third-order valence-corrected chi connectivity index (χ3v) is 3.80. The summed E-state index contributed by atoms with van der Waals surface area (Å²) in [6, 6.07) is 10.7. The van der Waals surface area contributed by atoms with E-state index in [2.05, 4.69) is 10.3 Å². The lowest BCUT2D eigenvalue weighted by Gasteiger charge is -2.13. The molecule has 0 fully saturated rings. The third kappa shape index (κ3) is 3.61. The van der Waals surface area contributed by atoms with Crippen LogP contribution in [0, 0.1) is 0 Å². The van der Waals surface area contributed by atoms with Crippen LogP contribution in [0.1, 0.15) is 17.4 Å².